The van der Waals surface area contributed by atoms with Gasteiger partial charge in [0.1, 0.15) is 5.02 Å². The maximum absolute atomic E-state index is 6.39. The number of nitrogens with two attached hydrogens (primary N) is 1. The number of aromatic amines is 1. The Labute approximate surface area is 121 Å². The smallest absolute Gasteiger partial charge is 0.175 e. The Hall–Kier alpha value is -2.01. The van der Waals surface area contributed by atoms with Crippen LogP contribution < -0.4 is 5.73 Å². The van der Waals surface area contributed by atoms with Gasteiger partial charge in [0.2, 0.25) is 0 Å². The third-order valence-electron chi connectivity index (χ3n) is 3.14. The van der Waals surface area contributed by atoms with Crippen LogP contribution in [0.5, 0.6) is 0 Å². The van der Waals surface area contributed by atoms with Crippen LogP contribution in [0.4, 0.5) is 5.69 Å². The lowest BCUT2D eigenvalue weighted by Gasteiger charge is -2.14. The van der Waals surface area contributed by atoms with Crippen LogP contribution in [-0.2, 0) is 5.41 Å². The zero-order chi connectivity index (χ0) is 14.5. The number of nitrogen functional groups attached to an aromatic ring is 1. The van der Waals surface area contributed by atoms with Crippen LogP contribution in [0, 0.1) is 0 Å². The van der Waals surface area contributed by atoms with Gasteiger partial charge in [0, 0.05) is 16.7 Å². The number of rotatable bonds is 1. The zero-order valence-corrected chi connectivity index (χ0v) is 12.4. The lowest BCUT2D eigenvalue weighted by atomic mass is 9.92. The molecule has 0 aliphatic rings. The van der Waals surface area contributed by atoms with Crippen molar-refractivity contribution >= 4 is 22.9 Å². The maximum atomic E-state index is 6.39. The molecular formula is C14H16ClN5. The Bertz CT molecular complexity index is 761. The minimum atomic E-state index is -0.118. The van der Waals surface area contributed by atoms with Crippen LogP contribution in [0.15, 0.2) is 24.3 Å². The van der Waals surface area contributed by atoms with Gasteiger partial charge in [-0.15, -0.1) is 9.73 Å². The molecule has 2 heterocycles. The second kappa shape index (κ2) is 4.24. The van der Waals surface area contributed by atoms with E-state index in [1.54, 1.807) is 4.63 Å². The van der Waals surface area contributed by atoms with Gasteiger partial charge in [-0.1, -0.05) is 32.4 Å². The summed E-state index contributed by atoms with van der Waals surface area (Å²) in [5.74, 6) is 0.717. The molecule has 20 heavy (non-hydrogen) atoms. The fourth-order valence-electron chi connectivity index (χ4n) is 2.05. The molecule has 2 aromatic heterocycles. The number of halogens is 1. The normalized spacial score (nSPS) is 12.2. The molecule has 0 saturated carbocycles. The Balaban J connectivity index is 2.11. The number of H-pyrrole nitrogens is 1. The van der Waals surface area contributed by atoms with E-state index < -0.39 is 0 Å². The predicted octanol–water partition coefficient (Wildman–Crippen LogP) is 3.26. The van der Waals surface area contributed by atoms with E-state index in [1.165, 1.54) is 0 Å². The van der Waals surface area contributed by atoms with Crippen LogP contribution >= 0.6 is 11.6 Å². The third kappa shape index (κ3) is 2.04. The summed E-state index contributed by atoms with van der Waals surface area (Å²) in [5.41, 5.74) is 8.77. The molecule has 0 amide bonds. The molecule has 0 saturated heterocycles. The summed E-state index contributed by atoms with van der Waals surface area (Å²) < 4.78 is 1.55. The highest BCUT2D eigenvalue weighted by Crippen LogP contribution is 2.31. The van der Waals surface area contributed by atoms with Crippen LogP contribution in [0.25, 0.3) is 17.0 Å². The van der Waals surface area contributed by atoms with Crippen molar-refractivity contribution in [2.75, 3.05) is 5.73 Å². The fraction of sp³-hybridized carbons (Fsp3) is 0.286. The summed E-state index contributed by atoms with van der Waals surface area (Å²) in [6.45, 7) is 6.21. The molecule has 0 spiro atoms. The van der Waals surface area contributed by atoms with E-state index in [-0.39, 0.29) is 5.41 Å². The van der Waals surface area contributed by atoms with Crippen molar-refractivity contribution in [1.29, 1.82) is 0 Å². The first-order valence-corrected chi connectivity index (χ1v) is 6.75. The van der Waals surface area contributed by atoms with Crippen molar-refractivity contribution in [2.45, 2.75) is 26.2 Å². The number of nitrogens with zero attached hydrogens (tertiary/aromatic N) is 3. The van der Waals surface area contributed by atoms with E-state index in [0.717, 1.165) is 22.8 Å². The Morgan fingerprint density at radius 3 is 2.35 bits per heavy atom. The summed E-state index contributed by atoms with van der Waals surface area (Å²) in [4.78, 5) is 3.21. The van der Waals surface area contributed by atoms with Crippen LogP contribution in [0.3, 0.4) is 0 Å². The van der Waals surface area contributed by atoms with Gasteiger partial charge in [-0.05, 0) is 24.3 Å². The first-order chi connectivity index (χ1) is 9.36. The number of benzene rings is 1. The summed E-state index contributed by atoms with van der Waals surface area (Å²) in [7, 11) is 0. The van der Waals surface area contributed by atoms with E-state index in [4.69, 9.17) is 17.3 Å². The summed E-state index contributed by atoms with van der Waals surface area (Å²) in [6.07, 6.45) is 0. The van der Waals surface area contributed by atoms with E-state index in [2.05, 4.69) is 36.0 Å². The second-order valence-corrected chi connectivity index (χ2v) is 6.22. The molecule has 5 nitrogen and oxygen atoms in total. The first-order valence-electron chi connectivity index (χ1n) is 6.37. The molecule has 0 radical (unpaired) electrons. The highest BCUT2D eigenvalue weighted by atomic mass is 35.5. The Morgan fingerprint density at radius 2 is 1.80 bits per heavy atom. The highest BCUT2D eigenvalue weighted by Gasteiger charge is 2.25. The standard InChI is InChI=1S/C14H16ClN5/c1-14(2,3)11-10(15)13-17-12(19-20(13)18-11)8-4-6-9(16)7-5-8/h4-7H,16H2,1-3H3,(H,17,19). The molecule has 6 heteroatoms. The Kier molecular flexibility index (Phi) is 2.76. The average Bonchev–Trinajstić information content (AvgIpc) is 2.90. The minimum Gasteiger partial charge on any atom is -0.399 e. The summed E-state index contributed by atoms with van der Waals surface area (Å²) in [6, 6.07) is 7.49. The van der Waals surface area contributed by atoms with Crippen LogP contribution in [-0.4, -0.2) is 19.8 Å². The van der Waals surface area contributed by atoms with Gasteiger partial charge in [0.25, 0.3) is 0 Å². The number of fused-ring (bicyclic) bond motifs is 1. The minimum absolute atomic E-state index is 0.118. The van der Waals surface area contributed by atoms with Gasteiger partial charge < -0.3 is 10.7 Å². The van der Waals surface area contributed by atoms with Crippen molar-refractivity contribution in [3.8, 4) is 11.4 Å². The number of hydrogen-bond donors (Lipinski definition) is 2. The van der Waals surface area contributed by atoms with E-state index in [0.29, 0.717) is 10.7 Å². The third-order valence-corrected chi connectivity index (χ3v) is 3.49. The Morgan fingerprint density at radius 1 is 1.15 bits per heavy atom. The first kappa shape index (κ1) is 13.0. The molecule has 0 bridgehead atoms. The molecule has 3 aromatic rings. The average molecular weight is 290 g/mol. The van der Waals surface area contributed by atoms with Crippen molar-refractivity contribution in [3.63, 3.8) is 0 Å². The number of aromatic nitrogens is 4. The van der Waals surface area contributed by atoms with Gasteiger partial charge in [0.15, 0.2) is 11.5 Å². The zero-order valence-electron chi connectivity index (χ0n) is 11.6. The fourth-order valence-corrected chi connectivity index (χ4v) is 2.49. The van der Waals surface area contributed by atoms with Gasteiger partial charge in [0.05, 0.1) is 5.69 Å². The molecule has 0 aliphatic heterocycles. The predicted molar refractivity (Wildman–Crippen MR) is 80.9 cm³/mol. The highest BCUT2D eigenvalue weighted by molar-refractivity contribution is 6.34. The lowest BCUT2D eigenvalue weighted by Crippen LogP contribution is -2.12. The molecule has 0 unspecified atom stereocenters. The molecular weight excluding hydrogens is 274 g/mol. The molecule has 0 atom stereocenters. The molecule has 1 aromatic carbocycles. The number of anilines is 1. The molecule has 3 rings (SSSR count). The van der Waals surface area contributed by atoms with Crippen molar-refractivity contribution in [1.82, 2.24) is 19.8 Å². The monoisotopic (exact) mass is 289 g/mol. The molecule has 0 fully saturated rings. The summed E-state index contributed by atoms with van der Waals surface area (Å²) in [5, 5.41) is 9.51. The van der Waals surface area contributed by atoms with Crippen LogP contribution in [0.1, 0.15) is 26.5 Å². The van der Waals surface area contributed by atoms with Crippen molar-refractivity contribution in [3.05, 3.63) is 35.0 Å². The SMILES string of the molecule is CC(C)(C)c1nn2nc(-c3ccc(N)cc3)[nH]c2c1Cl. The topological polar surface area (TPSA) is 72.0 Å². The number of hydrogen-bond acceptors (Lipinski definition) is 3. The van der Waals surface area contributed by atoms with Crippen molar-refractivity contribution in [2.24, 2.45) is 0 Å². The largest absolute Gasteiger partial charge is 0.399 e. The molecule has 0 aliphatic carbocycles. The van der Waals surface area contributed by atoms with Crippen molar-refractivity contribution < 1.29 is 0 Å². The van der Waals surface area contributed by atoms with Gasteiger partial charge in [-0.3, -0.25) is 0 Å². The van der Waals surface area contributed by atoms with E-state index >= 15 is 0 Å². The molecule has 3 N–H and O–H groups in total. The van der Waals surface area contributed by atoms with Crippen LogP contribution in [0.2, 0.25) is 5.02 Å². The van der Waals surface area contributed by atoms with E-state index in [1.807, 2.05) is 24.3 Å². The number of nitrogens with one attached hydrogen (secondary N) is 1. The van der Waals surface area contributed by atoms with Gasteiger partial charge >= 0.3 is 0 Å². The van der Waals surface area contributed by atoms with Gasteiger partial charge in [-0.2, -0.15) is 5.10 Å². The van der Waals surface area contributed by atoms with Gasteiger partial charge in [-0.25, -0.2) is 0 Å². The van der Waals surface area contributed by atoms with E-state index in [9.17, 15) is 0 Å². The molecule has 104 valence electrons. The second-order valence-electron chi connectivity index (χ2n) is 5.85. The lowest BCUT2D eigenvalue weighted by molar-refractivity contribution is 0.557. The quantitative estimate of drug-likeness (QED) is 0.675. The summed E-state index contributed by atoms with van der Waals surface area (Å²) >= 11 is 6.39. The maximum Gasteiger partial charge on any atom is 0.175 e.